The van der Waals surface area contributed by atoms with Crippen molar-refractivity contribution in [1.29, 1.82) is 0 Å². The molecule has 1 rings (SSSR count). The van der Waals surface area contributed by atoms with Crippen LogP contribution >= 0.6 is 31.9 Å². The third-order valence-corrected chi connectivity index (χ3v) is 3.86. The van der Waals surface area contributed by atoms with Gasteiger partial charge in [-0.3, -0.25) is 0 Å². The van der Waals surface area contributed by atoms with Crippen molar-refractivity contribution >= 4 is 37.8 Å². The molecule has 1 aromatic rings. The van der Waals surface area contributed by atoms with Gasteiger partial charge in [-0.05, 0) is 44.0 Å². The Balaban J connectivity index is 3.30. The molecule has 0 heterocycles. The van der Waals surface area contributed by atoms with Gasteiger partial charge in [-0.15, -0.1) is 0 Å². The summed E-state index contributed by atoms with van der Waals surface area (Å²) in [6.07, 6.45) is -1.96. The number of ether oxygens (including phenoxy) is 1. The van der Waals surface area contributed by atoms with Gasteiger partial charge in [0.1, 0.15) is 5.75 Å². The number of rotatable bonds is 4. The largest absolute Gasteiger partial charge is 0.479 e. The highest BCUT2D eigenvalue weighted by molar-refractivity contribution is 9.13. The predicted octanol–water partition coefficient (Wildman–Crippen LogP) is 2.93. The molecular formula is C9H6Br2F2O4. The summed E-state index contributed by atoms with van der Waals surface area (Å²) in [7, 11) is 0. The molecule has 1 atom stereocenters. The molecule has 0 saturated heterocycles. The molecule has 94 valence electrons. The number of aliphatic hydroxyl groups is 1. The van der Waals surface area contributed by atoms with Crippen LogP contribution in [0.2, 0.25) is 0 Å². The summed E-state index contributed by atoms with van der Waals surface area (Å²) >= 11 is 6.06. The lowest BCUT2D eigenvalue weighted by atomic mass is 10.1. The van der Waals surface area contributed by atoms with E-state index in [0.29, 0.717) is 4.47 Å². The van der Waals surface area contributed by atoms with Crippen LogP contribution in [0.25, 0.3) is 0 Å². The first-order valence-electron chi connectivity index (χ1n) is 4.18. The fourth-order valence-corrected chi connectivity index (χ4v) is 2.02. The Hall–Kier alpha value is -0.730. The van der Waals surface area contributed by atoms with E-state index in [4.69, 9.17) is 5.11 Å². The van der Waals surface area contributed by atoms with Crippen LogP contribution in [0.3, 0.4) is 0 Å². The molecule has 0 aromatic heterocycles. The van der Waals surface area contributed by atoms with E-state index in [2.05, 4.69) is 36.6 Å². The maximum absolute atomic E-state index is 12.1. The lowest BCUT2D eigenvalue weighted by Gasteiger charge is -2.15. The van der Waals surface area contributed by atoms with Crippen LogP contribution in [0.1, 0.15) is 11.7 Å². The SMILES string of the molecule is O=C(O)C(O)c1c(OC(F)F)ccc(Br)c1Br. The Morgan fingerprint density at radius 2 is 1.94 bits per heavy atom. The van der Waals surface area contributed by atoms with Crippen molar-refractivity contribution in [1.82, 2.24) is 0 Å². The zero-order valence-electron chi connectivity index (χ0n) is 8.03. The minimum Gasteiger partial charge on any atom is -0.479 e. The van der Waals surface area contributed by atoms with Crippen LogP contribution < -0.4 is 4.74 Å². The smallest absolute Gasteiger partial charge is 0.387 e. The molecule has 0 aliphatic heterocycles. The molecule has 17 heavy (non-hydrogen) atoms. The third kappa shape index (κ3) is 3.36. The van der Waals surface area contributed by atoms with Crippen LogP contribution in [-0.4, -0.2) is 22.8 Å². The monoisotopic (exact) mass is 374 g/mol. The normalized spacial score (nSPS) is 12.6. The van der Waals surface area contributed by atoms with Gasteiger partial charge in [0, 0.05) is 14.5 Å². The average Bonchev–Trinajstić information content (AvgIpc) is 2.22. The van der Waals surface area contributed by atoms with Crippen molar-refractivity contribution in [2.75, 3.05) is 0 Å². The fraction of sp³-hybridized carbons (Fsp3) is 0.222. The molecule has 2 N–H and O–H groups in total. The van der Waals surface area contributed by atoms with E-state index >= 15 is 0 Å². The van der Waals surface area contributed by atoms with Crippen LogP contribution in [0, 0.1) is 0 Å². The number of alkyl halides is 2. The molecule has 0 saturated carbocycles. The summed E-state index contributed by atoms with van der Waals surface area (Å²) < 4.78 is 28.9. The van der Waals surface area contributed by atoms with Gasteiger partial charge in [0.05, 0.1) is 0 Å². The highest BCUT2D eigenvalue weighted by Crippen LogP contribution is 2.38. The minimum atomic E-state index is -3.11. The summed E-state index contributed by atoms with van der Waals surface area (Å²) in [5, 5.41) is 18.1. The van der Waals surface area contributed by atoms with Crippen molar-refractivity contribution in [3.05, 3.63) is 26.6 Å². The molecule has 0 fully saturated rings. The first-order chi connectivity index (χ1) is 7.84. The van der Waals surface area contributed by atoms with Crippen molar-refractivity contribution in [2.45, 2.75) is 12.7 Å². The molecule has 0 aliphatic carbocycles. The van der Waals surface area contributed by atoms with E-state index in [1.807, 2.05) is 0 Å². The van der Waals surface area contributed by atoms with E-state index in [9.17, 15) is 18.7 Å². The highest BCUT2D eigenvalue weighted by atomic mass is 79.9. The van der Waals surface area contributed by atoms with Crippen molar-refractivity contribution in [3.8, 4) is 5.75 Å². The summed E-state index contributed by atoms with van der Waals surface area (Å²) in [4.78, 5) is 10.7. The van der Waals surface area contributed by atoms with Gasteiger partial charge in [-0.25, -0.2) is 4.79 Å². The Labute approximate surface area is 111 Å². The molecule has 1 aromatic carbocycles. The molecule has 0 radical (unpaired) electrons. The van der Waals surface area contributed by atoms with Crippen LogP contribution in [0.4, 0.5) is 8.78 Å². The second kappa shape index (κ2) is 5.74. The number of halogens is 4. The zero-order chi connectivity index (χ0) is 13.2. The summed E-state index contributed by atoms with van der Waals surface area (Å²) in [6.45, 7) is -3.11. The molecule has 8 heteroatoms. The predicted molar refractivity (Wildman–Crippen MR) is 61.1 cm³/mol. The number of aliphatic carboxylic acids is 1. The van der Waals surface area contributed by atoms with E-state index in [1.54, 1.807) is 0 Å². The fourth-order valence-electron chi connectivity index (χ4n) is 1.13. The topological polar surface area (TPSA) is 66.8 Å². The summed E-state index contributed by atoms with van der Waals surface area (Å²) in [5.41, 5.74) is -0.271. The molecule has 1 unspecified atom stereocenters. The van der Waals surface area contributed by atoms with Crippen LogP contribution in [-0.2, 0) is 4.79 Å². The van der Waals surface area contributed by atoms with Crippen molar-refractivity contribution in [3.63, 3.8) is 0 Å². The Morgan fingerprint density at radius 1 is 1.35 bits per heavy atom. The van der Waals surface area contributed by atoms with Crippen molar-refractivity contribution in [2.24, 2.45) is 0 Å². The van der Waals surface area contributed by atoms with E-state index in [-0.39, 0.29) is 10.0 Å². The van der Waals surface area contributed by atoms with Gasteiger partial charge in [0.25, 0.3) is 0 Å². The first-order valence-corrected chi connectivity index (χ1v) is 5.76. The Morgan fingerprint density at radius 3 is 2.41 bits per heavy atom. The van der Waals surface area contributed by atoms with Gasteiger partial charge in [-0.2, -0.15) is 8.78 Å². The first kappa shape index (κ1) is 14.3. The molecule has 0 amide bonds. The van der Waals surface area contributed by atoms with Crippen LogP contribution in [0.15, 0.2) is 21.1 Å². The van der Waals surface area contributed by atoms with E-state index in [0.717, 1.165) is 6.07 Å². The van der Waals surface area contributed by atoms with Gasteiger partial charge in [-0.1, -0.05) is 0 Å². The number of carboxylic acids is 1. The van der Waals surface area contributed by atoms with Crippen LogP contribution in [0.5, 0.6) is 5.75 Å². The summed E-state index contributed by atoms with van der Waals surface area (Å²) in [5.74, 6) is -1.96. The molecular weight excluding hydrogens is 370 g/mol. The lowest BCUT2D eigenvalue weighted by Crippen LogP contribution is -2.14. The number of hydrogen-bond donors (Lipinski definition) is 2. The highest BCUT2D eigenvalue weighted by Gasteiger charge is 2.26. The molecule has 0 bridgehead atoms. The van der Waals surface area contributed by atoms with E-state index in [1.165, 1.54) is 6.07 Å². The second-order valence-corrected chi connectivity index (χ2v) is 4.54. The van der Waals surface area contributed by atoms with E-state index < -0.39 is 24.4 Å². The maximum atomic E-state index is 12.1. The Kier molecular flexibility index (Phi) is 4.84. The quantitative estimate of drug-likeness (QED) is 0.849. The standard InChI is InChI=1S/C9H6Br2F2O4/c10-3-1-2-4(17-9(12)13)5(6(3)11)7(14)8(15)16/h1-2,7,9,14H,(H,15,16). The van der Waals surface area contributed by atoms with Gasteiger partial charge in [0.15, 0.2) is 6.10 Å². The number of carbonyl (C=O) groups is 1. The number of benzene rings is 1. The van der Waals surface area contributed by atoms with Crippen molar-refractivity contribution < 1.29 is 28.5 Å². The van der Waals surface area contributed by atoms with Gasteiger partial charge >= 0.3 is 12.6 Å². The molecule has 0 aliphatic rings. The van der Waals surface area contributed by atoms with Gasteiger partial charge < -0.3 is 14.9 Å². The second-order valence-electron chi connectivity index (χ2n) is 2.89. The number of carboxylic acid groups (broad SMARTS) is 1. The zero-order valence-corrected chi connectivity index (χ0v) is 11.2. The lowest BCUT2D eigenvalue weighted by molar-refractivity contribution is -0.147. The molecule has 0 spiro atoms. The average molecular weight is 376 g/mol. The number of hydrogen-bond acceptors (Lipinski definition) is 3. The maximum Gasteiger partial charge on any atom is 0.387 e. The van der Waals surface area contributed by atoms with Gasteiger partial charge in [0.2, 0.25) is 0 Å². The number of aliphatic hydroxyl groups excluding tert-OH is 1. The summed E-state index contributed by atoms with van der Waals surface area (Å²) in [6, 6.07) is 2.53. The Bertz CT molecular complexity index is 439. The minimum absolute atomic E-state index is 0.144. The molecule has 4 nitrogen and oxygen atoms in total. The third-order valence-electron chi connectivity index (χ3n) is 1.82.